The molecule has 0 aromatic heterocycles. The first-order valence-corrected chi connectivity index (χ1v) is 7.03. The fraction of sp³-hybridized carbons (Fsp3) is 0.600. The minimum absolute atomic E-state index is 0.473. The van der Waals surface area contributed by atoms with Crippen LogP contribution in [0, 0.1) is 0 Å². The maximum atomic E-state index is 5.91. The van der Waals surface area contributed by atoms with Crippen LogP contribution in [0.1, 0.15) is 31.2 Å². The van der Waals surface area contributed by atoms with Crippen LogP contribution in [0.3, 0.4) is 0 Å². The minimum Gasteiger partial charge on any atom is -0.399 e. The van der Waals surface area contributed by atoms with Gasteiger partial charge in [-0.25, -0.2) is 0 Å². The second-order valence-corrected chi connectivity index (χ2v) is 5.47. The van der Waals surface area contributed by atoms with Crippen LogP contribution in [0.2, 0.25) is 0 Å². The number of nitrogen functional groups attached to an aromatic ring is 1. The zero-order valence-electron chi connectivity index (χ0n) is 10.8. The number of fused-ring (bicyclic) bond motifs is 1. The quantitative estimate of drug-likeness (QED) is 0.814. The molecule has 2 aliphatic rings. The lowest BCUT2D eigenvalue weighted by Gasteiger charge is -2.43. The third-order valence-electron chi connectivity index (χ3n) is 4.21. The molecule has 18 heavy (non-hydrogen) atoms. The van der Waals surface area contributed by atoms with Crippen LogP contribution in [0.4, 0.5) is 5.69 Å². The molecule has 3 nitrogen and oxygen atoms in total. The van der Waals surface area contributed by atoms with Gasteiger partial charge < -0.3 is 10.5 Å². The second kappa shape index (κ2) is 5.29. The van der Waals surface area contributed by atoms with Gasteiger partial charge in [0, 0.05) is 24.8 Å². The molecule has 1 aliphatic heterocycles. The summed E-state index contributed by atoms with van der Waals surface area (Å²) < 4.78 is 5.91. The van der Waals surface area contributed by atoms with Crippen molar-refractivity contribution in [2.24, 2.45) is 0 Å². The largest absolute Gasteiger partial charge is 0.399 e. The van der Waals surface area contributed by atoms with Gasteiger partial charge in [-0.15, -0.1) is 0 Å². The van der Waals surface area contributed by atoms with E-state index in [1.165, 1.54) is 31.2 Å². The molecule has 0 spiro atoms. The molecular weight excluding hydrogens is 224 g/mol. The van der Waals surface area contributed by atoms with Crippen molar-refractivity contribution in [3.63, 3.8) is 0 Å². The van der Waals surface area contributed by atoms with E-state index < -0.39 is 0 Å². The van der Waals surface area contributed by atoms with Crippen LogP contribution in [0.5, 0.6) is 0 Å². The highest BCUT2D eigenvalue weighted by atomic mass is 16.5. The Labute approximate surface area is 109 Å². The number of hydrogen-bond donors (Lipinski definition) is 1. The Morgan fingerprint density at radius 2 is 1.94 bits per heavy atom. The van der Waals surface area contributed by atoms with Crippen molar-refractivity contribution in [3.05, 3.63) is 29.8 Å². The average Bonchev–Trinajstić information content (AvgIpc) is 2.42. The first-order chi connectivity index (χ1) is 8.83. The summed E-state index contributed by atoms with van der Waals surface area (Å²) in [7, 11) is 0. The van der Waals surface area contributed by atoms with Gasteiger partial charge in [-0.2, -0.15) is 0 Å². The van der Waals surface area contributed by atoms with E-state index in [-0.39, 0.29) is 0 Å². The first-order valence-electron chi connectivity index (χ1n) is 7.03. The smallest absolute Gasteiger partial charge is 0.0731 e. The molecular formula is C15H22N2O. The molecule has 1 aliphatic carbocycles. The summed E-state index contributed by atoms with van der Waals surface area (Å²) >= 11 is 0. The third kappa shape index (κ3) is 2.52. The normalized spacial score (nSPS) is 28.9. The molecule has 3 rings (SSSR count). The maximum absolute atomic E-state index is 5.91. The zero-order valence-corrected chi connectivity index (χ0v) is 10.8. The Balaban J connectivity index is 1.69. The lowest BCUT2D eigenvalue weighted by molar-refractivity contribution is -0.0911. The van der Waals surface area contributed by atoms with Crippen LogP contribution in [0.25, 0.3) is 0 Å². The van der Waals surface area contributed by atoms with Crippen molar-refractivity contribution in [1.29, 1.82) is 0 Å². The van der Waals surface area contributed by atoms with Gasteiger partial charge in [-0.1, -0.05) is 25.0 Å². The van der Waals surface area contributed by atoms with Crippen LogP contribution in [0.15, 0.2) is 24.3 Å². The Kier molecular flexibility index (Phi) is 3.52. The third-order valence-corrected chi connectivity index (χ3v) is 4.21. The lowest BCUT2D eigenvalue weighted by Crippen LogP contribution is -2.52. The molecule has 98 valence electrons. The Morgan fingerprint density at radius 3 is 2.78 bits per heavy atom. The van der Waals surface area contributed by atoms with E-state index in [0.29, 0.717) is 12.1 Å². The number of rotatable bonds is 2. The van der Waals surface area contributed by atoms with Crippen molar-refractivity contribution in [1.82, 2.24) is 4.90 Å². The summed E-state index contributed by atoms with van der Waals surface area (Å²) in [6.07, 6.45) is 5.68. The molecule has 1 heterocycles. The highest BCUT2D eigenvalue weighted by Crippen LogP contribution is 2.29. The van der Waals surface area contributed by atoms with Crippen molar-refractivity contribution in [2.45, 2.75) is 44.4 Å². The number of benzene rings is 1. The van der Waals surface area contributed by atoms with E-state index in [1.54, 1.807) is 0 Å². The molecule has 0 bridgehead atoms. The molecule has 0 radical (unpaired) electrons. The summed E-state index contributed by atoms with van der Waals surface area (Å²) in [5.74, 6) is 0. The van der Waals surface area contributed by atoms with Gasteiger partial charge in [0.2, 0.25) is 0 Å². The molecule has 1 aromatic carbocycles. The zero-order chi connectivity index (χ0) is 12.4. The second-order valence-electron chi connectivity index (χ2n) is 5.47. The summed E-state index contributed by atoms with van der Waals surface area (Å²) in [6.45, 7) is 2.98. The van der Waals surface area contributed by atoms with Crippen LogP contribution in [-0.2, 0) is 11.3 Å². The highest BCUT2D eigenvalue weighted by molar-refractivity contribution is 5.39. The maximum Gasteiger partial charge on any atom is 0.0731 e. The van der Waals surface area contributed by atoms with Crippen molar-refractivity contribution in [2.75, 3.05) is 18.9 Å². The predicted octanol–water partition coefficient (Wildman–Crippen LogP) is 2.41. The summed E-state index contributed by atoms with van der Waals surface area (Å²) in [5.41, 5.74) is 7.93. The summed E-state index contributed by atoms with van der Waals surface area (Å²) in [5, 5.41) is 0. The molecule has 2 N–H and O–H groups in total. The van der Waals surface area contributed by atoms with Gasteiger partial charge in [0.15, 0.2) is 0 Å². The fourth-order valence-electron chi connectivity index (χ4n) is 3.23. The van der Waals surface area contributed by atoms with E-state index in [4.69, 9.17) is 10.5 Å². The fourth-order valence-corrected chi connectivity index (χ4v) is 3.23. The number of morpholine rings is 1. The number of nitrogens with two attached hydrogens (primary N) is 1. The average molecular weight is 246 g/mol. The molecule has 2 atom stereocenters. The highest BCUT2D eigenvalue weighted by Gasteiger charge is 2.33. The van der Waals surface area contributed by atoms with Gasteiger partial charge in [0.1, 0.15) is 0 Å². The Morgan fingerprint density at radius 1 is 1.17 bits per heavy atom. The topological polar surface area (TPSA) is 38.5 Å². The lowest BCUT2D eigenvalue weighted by atomic mass is 9.90. The number of anilines is 1. The van der Waals surface area contributed by atoms with E-state index in [1.807, 2.05) is 12.1 Å². The molecule has 2 unspecified atom stereocenters. The Hall–Kier alpha value is -1.06. The van der Waals surface area contributed by atoms with Crippen molar-refractivity contribution >= 4 is 5.69 Å². The summed E-state index contributed by atoms with van der Waals surface area (Å²) in [4.78, 5) is 2.60. The van der Waals surface area contributed by atoms with Gasteiger partial charge in [-0.3, -0.25) is 4.90 Å². The Bertz CT molecular complexity index is 388. The first kappa shape index (κ1) is 12.0. The van der Waals surface area contributed by atoms with Gasteiger partial charge in [0.05, 0.1) is 12.7 Å². The van der Waals surface area contributed by atoms with Gasteiger partial charge in [0.25, 0.3) is 0 Å². The SMILES string of the molecule is Nc1ccc(CN2CCOC3CCCCC32)cc1. The summed E-state index contributed by atoms with van der Waals surface area (Å²) in [6, 6.07) is 8.90. The van der Waals surface area contributed by atoms with E-state index >= 15 is 0 Å². The molecule has 1 saturated heterocycles. The molecule has 2 fully saturated rings. The van der Waals surface area contributed by atoms with Crippen LogP contribution >= 0.6 is 0 Å². The number of ether oxygens (including phenoxy) is 1. The van der Waals surface area contributed by atoms with Crippen molar-refractivity contribution < 1.29 is 4.74 Å². The molecule has 3 heteroatoms. The number of nitrogens with zero attached hydrogens (tertiary/aromatic N) is 1. The standard InChI is InChI=1S/C15H22N2O/c16-13-7-5-12(6-8-13)11-17-9-10-18-15-4-2-1-3-14(15)17/h5-8,14-15H,1-4,9-11,16H2. The number of hydrogen-bond acceptors (Lipinski definition) is 3. The van der Waals surface area contributed by atoms with E-state index in [2.05, 4.69) is 17.0 Å². The molecule has 1 saturated carbocycles. The monoisotopic (exact) mass is 246 g/mol. The molecule has 0 amide bonds. The van der Waals surface area contributed by atoms with Gasteiger partial charge >= 0.3 is 0 Å². The minimum atomic E-state index is 0.473. The van der Waals surface area contributed by atoms with Crippen molar-refractivity contribution in [3.8, 4) is 0 Å². The van der Waals surface area contributed by atoms with Gasteiger partial charge in [-0.05, 0) is 30.5 Å². The van der Waals surface area contributed by atoms with Crippen LogP contribution < -0.4 is 5.73 Å². The molecule has 1 aromatic rings. The van der Waals surface area contributed by atoms with E-state index in [0.717, 1.165) is 25.4 Å². The van der Waals surface area contributed by atoms with E-state index in [9.17, 15) is 0 Å². The van der Waals surface area contributed by atoms with Crippen LogP contribution in [-0.4, -0.2) is 30.2 Å². The predicted molar refractivity (Wildman–Crippen MR) is 73.3 cm³/mol.